The molecule has 0 radical (unpaired) electrons. The zero-order chi connectivity index (χ0) is 13.0. The molecule has 1 unspecified atom stereocenters. The van der Waals surface area contributed by atoms with E-state index in [2.05, 4.69) is 0 Å². The van der Waals surface area contributed by atoms with Crippen LogP contribution in [0.2, 0.25) is 0 Å². The Balaban J connectivity index is 3.87. The van der Waals surface area contributed by atoms with Gasteiger partial charge in [-0.05, 0) is 18.9 Å². The third-order valence-corrected chi connectivity index (χ3v) is 3.55. The van der Waals surface area contributed by atoms with Crippen LogP contribution in [0.15, 0.2) is 0 Å². The largest absolute Gasteiger partial charge is 0.393 e. The number of hydrogen-bond acceptors (Lipinski definition) is 4. The molecule has 0 aliphatic rings. The Bertz CT molecular complexity index is 293. The molecule has 0 spiro atoms. The minimum absolute atomic E-state index is 0.113. The molecule has 0 fully saturated rings. The average Bonchev–Trinajstić information content (AvgIpc) is 2.08. The first-order valence-corrected chi connectivity index (χ1v) is 7.63. The number of aliphatic hydroxyl groups excluding tert-OH is 1. The summed E-state index contributed by atoms with van der Waals surface area (Å²) in [4.78, 5) is 1.94. The van der Waals surface area contributed by atoms with Crippen LogP contribution in [0, 0.1) is 5.41 Å². The molecule has 1 N–H and O–H groups in total. The van der Waals surface area contributed by atoms with Crippen LogP contribution >= 0.6 is 0 Å². The molecular formula is C11H25NO3S. The third kappa shape index (κ3) is 8.07. The predicted molar refractivity (Wildman–Crippen MR) is 67.3 cm³/mol. The molecule has 0 amide bonds. The van der Waals surface area contributed by atoms with Crippen LogP contribution in [-0.2, 0) is 9.84 Å². The average molecular weight is 251 g/mol. The van der Waals surface area contributed by atoms with Gasteiger partial charge in [0.05, 0.1) is 11.9 Å². The fourth-order valence-electron chi connectivity index (χ4n) is 1.21. The van der Waals surface area contributed by atoms with Crippen LogP contribution in [-0.4, -0.2) is 56.7 Å². The van der Waals surface area contributed by atoms with Gasteiger partial charge < -0.3 is 10.0 Å². The number of sulfone groups is 1. The first kappa shape index (κ1) is 15.9. The van der Waals surface area contributed by atoms with Gasteiger partial charge in [0.15, 0.2) is 0 Å². The summed E-state index contributed by atoms with van der Waals surface area (Å²) in [6, 6.07) is 0. The molecule has 0 saturated heterocycles. The van der Waals surface area contributed by atoms with Gasteiger partial charge in [0.1, 0.15) is 9.84 Å². The second kappa shape index (κ2) is 5.98. The molecular weight excluding hydrogens is 226 g/mol. The van der Waals surface area contributed by atoms with Gasteiger partial charge in [-0.15, -0.1) is 0 Å². The lowest BCUT2D eigenvalue weighted by Gasteiger charge is -2.27. The SMILES string of the molecule is CN(CCC(O)C(C)(C)C)CCS(C)(=O)=O. The number of nitrogens with zero attached hydrogens (tertiary/aromatic N) is 1. The summed E-state index contributed by atoms with van der Waals surface area (Å²) < 4.78 is 21.9. The lowest BCUT2D eigenvalue weighted by molar-refractivity contribution is 0.0484. The minimum Gasteiger partial charge on any atom is -0.393 e. The van der Waals surface area contributed by atoms with E-state index in [1.807, 2.05) is 32.7 Å². The van der Waals surface area contributed by atoms with Crippen molar-refractivity contribution >= 4 is 9.84 Å². The Labute approximate surface area is 99.6 Å². The lowest BCUT2D eigenvalue weighted by Crippen LogP contribution is -2.33. The Morgan fingerprint density at radius 3 is 2.12 bits per heavy atom. The molecule has 5 heteroatoms. The number of rotatable bonds is 6. The molecule has 0 rings (SSSR count). The Hall–Kier alpha value is -0.130. The highest BCUT2D eigenvalue weighted by molar-refractivity contribution is 7.90. The van der Waals surface area contributed by atoms with Gasteiger partial charge >= 0.3 is 0 Å². The smallest absolute Gasteiger partial charge is 0.148 e. The zero-order valence-corrected chi connectivity index (χ0v) is 11.8. The Morgan fingerprint density at radius 2 is 1.75 bits per heavy atom. The van der Waals surface area contributed by atoms with E-state index >= 15 is 0 Å². The molecule has 0 aliphatic heterocycles. The van der Waals surface area contributed by atoms with E-state index < -0.39 is 9.84 Å². The van der Waals surface area contributed by atoms with Gasteiger partial charge in [0.2, 0.25) is 0 Å². The molecule has 0 aromatic rings. The van der Waals surface area contributed by atoms with Gasteiger partial charge in [-0.2, -0.15) is 0 Å². The van der Waals surface area contributed by atoms with Crippen molar-refractivity contribution in [2.24, 2.45) is 5.41 Å². The normalized spacial score (nSPS) is 15.4. The lowest BCUT2D eigenvalue weighted by atomic mass is 9.87. The van der Waals surface area contributed by atoms with E-state index in [1.54, 1.807) is 0 Å². The maximum absolute atomic E-state index is 11.0. The summed E-state index contributed by atoms with van der Waals surface area (Å²) in [6.45, 7) is 7.22. The summed E-state index contributed by atoms with van der Waals surface area (Å²) in [5, 5.41) is 9.82. The van der Waals surface area contributed by atoms with E-state index in [9.17, 15) is 13.5 Å². The van der Waals surface area contributed by atoms with Crippen molar-refractivity contribution in [2.75, 3.05) is 32.1 Å². The van der Waals surface area contributed by atoms with Crippen molar-refractivity contribution in [3.05, 3.63) is 0 Å². The standard InChI is InChI=1S/C11H25NO3S/c1-11(2,3)10(13)6-7-12(4)8-9-16(5,14)15/h10,13H,6-9H2,1-5H3. The maximum atomic E-state index is 11.0. The molecule has 1 atom stereocenters. The maximum Gasteiger partial charge on any atom is 0.148 e. The quantitative estimate of drug-likeness (QED) is 0.757. The third-order valence-electron chi connectivity index (χ3n) is 2.63. The molecule has 0 heterocycles. The first-order valence-electron chi connectivity index (χ1n) is 5.57. The second-order valence-corrected chi connectivity index (χ2v) is 7.86. The molecule has 0 aromatic heterocycles. The highest BCUT2D eigenvalue weighted by atomic mass is 32.2. The van der Waals surface area contributed by atoms with Gasteiger partial charge in [0.25, 0.3) is 0 Å². The summed E-state index contributed by atoms with van der Waals surface area (Å²) in [7, 11) is -1.01. The van der Waals surface area contributed by atoms with E-state index in [0.29, 0.717) is 19.5 Å². The molecule has 16 heavy (non-hydrogen) atoms. The first-order chi connectivity index (χ1) is 7.02. The fraction of sp³-hybridized carbons (Fsp3) is 1.00. The molecule has 4 nitrogen and oxygen atoms in total. The van der Waals surface area contributed by atoms with Crippen molar-refractivity contribution in [3.8, 4) is 0 Å². The van der Waals surface area contributed by atoms with Crippen molar-refractivity contribution < 1.29 is 13.5 Å². The van der Waals surface area contributed by atoms with E-state index in [-0.39, 0.29) is 17.3 Å². The van der Waals surface area contributed by atoms with Gasteiger partial charge in [0, 0.05) is 19.3 Å². The molecule has 0 aromatic carbocycles. The summed E-state index contributed by atoms with van der Waals surface area (Å²) in [6.07, 6.45) is 1.56. The molecule has 0 saturated carbocycles. The topological polar surface area (TPSA) is 57.6 Å². The summed E-state index contributed by atoms with van der Waals surface area (Å²) >= 11 is 0. The summed E-state index contributed by atoms with van der Waals surface area (Å²) in [5.74, 6) is 0.176. The Kier molecular flexibility index (Phi) is 5.93. The van der Waals surface area contributed by atoms with Crippen LogP contribution in [0.1, 0.15) is 27.2 Å². The highest BCUT2D eigenvalue weighted by Gasteiger charge is 2.21. The molecule has 0 bridgehead atoms. The van der Waals surface area contributed by atoms with Crippen LogP contribution in [0.3, 0.4) is 0 Å². The zero-order valence-electron chi connectivity index (χ0n) is 11.0. The molecule has 98 valence electrons. The van der Waals surface area contributed by atoms with Crippen molar-refractivity contribution in [1.82, 2.24) is 4.90 Å². The van der Waals surface area contributed by atoms with Crippen LogP contribution in [0.4, 0.5) is 0 Å². The van der Waals surface area contributed by atoms with Gasteiger partial charge in [-0.3, -0.25) is 0 Å². The van der Waals surface area contributed by atoms with Crippen LogP contribution in [0.25, 0.3) is 0 Å². The second-order valence-electron chi connectivity index (χ2n) is 5.60. The fourth-order valence-corrected chi connectivity index (χ4v) is 1.85. The van der Waals surface area contributed by atoms with Crippen LogP contribution < -0.4 is 0 Å². The number of hydrogen-bond donors (Lipinski definition) is 1. The minimum atomic E-state index is -2.89. The van der Waals surface area contributed by atoms with Crippen molar-refractivity contribution in [3.63, 3.8) is 0 Å². The highest BCUT2D eigenvalue weighted by Crippen LogP contribution is 2.21. The Morgan fingerprint density at radius 1 is 1.25 bits per heavy atom. The van der Waals surface area contributed by atoms with E-state index in [0.717, 1.165) is 0 Å². The van der Waals surface area contributed by atoms with E-state index in [1.165, 1.54) is 6.26 Å². The monoisotopic (exact) mass is 251 g/mol. The number of aliphatic hydroxyl groups is 1. The van der Waals surface area contributed by atoms with Crippen molar-refractivity contribution in [2.45, 2.75) is 33.3 Å². The molecule has 0 aliphatic carbocycles. The van der Waals surface area contributed by atoms with Crippen molar-refractivity contribution in [1.29, 1.82) is 0 Å². The summed E-state index contributed by atoms with van der Waals surface area (Å²) in [5.41, 5.74) is -0.113. The van der Waals surface area contributed by atoms with Crippen LogP contribution in [0.5, 0.6) is 0 Å². The van der Waals surface area contributed by atoms with Gasteiger partial charge in [-0.1, -0.05) is 20.8 Å². The van der Waals surface area contributed by atoms with E-state index in [4.69, 9.17) is 0 Å². The van der Waals surface area contributed by atoms with Gasteiger partial charge in [-0.25, -0.2) is 8.42 Å². The predicted octanol–water partition coefficient (Wildman–Crippen LogP) is 0.760.